The van der Waals surface area contributed by atoms with Crippen molar-refractivity contribution in [3.05, 3.63) is 16.3 Å². The van der Waals surface area contributed by atoms with Gasteiger partial charge < -0.3 is 15.4 Å². The molecule has 1 fully saturated rings. The zero-order valence-corrected chi connectivity index (χ0v) is 11.3. The Bertz CT molecular complexity index is 566. The molecular formula is C11H11N3O5S. The summed E-state index contributed by atoms with van der Waals surface area (Å²) in [6.45, 7) is -0.515. The summed E-state index contributed by atoms with van der Waals surface area (Å²) in [6.07, 6.45) is 0. The van der Waals surface area contributed by atoms with Crippen LogP contribution in [0.1, 0.15) is 9.67 Å². The molecule has 106 valence electrons. The molecule has 2 heterocycles. The van der Waals surface area contributed by atoms with Crippen molar-refractivity contribution < 1.29 is 23.9 Å². The number of thiophene rings is 1. The number of anilines is 1. The summed E-state index contributed by atoms with van der Waals surface area (Å²) in [5, 5.41) is 6.40. The molecule has 0 radical (unpaired) electrons. The first-order valence-electron chi connectivity index (χ1n) is 5.56. The van der Waals surface area contributed by atoms with Crippen LogP contribution in [0.15, 0.2) is 11.4 Å². The maximum Gasteiger partial charge on any atom is 0.350 e. The number of ether oxygens (including phenoxy) is 1. The monoisotopic (exact) mass is 297 g/mol. The summed E-state index contributed by atoms with van der Waals surface area (Å²) in [7, 11) is 1.24. The molecule has 1 saturated heterocycles. The predicted molar refractivity (Wildman–Crippen MR) is 69.4 cm³/mol. The van der Waals surface area contributed by atoms with Crippen LogP contribution in [-0.2, 0) is 14.3 Å². The Kier molecular flexibility index (Phi) is 3.99. The van der Waals surface area contributed by atoms with E-state index in [0.29, 0.717) is 5.69 Å². The number of carbonyl (C=O) groups excluding carboxylic acids is 4. The normalized spacial score (nSPS) is 14.2. The van der Waals surface area contributed by atoms with E-state index in [2.05, 4.69) is 15.4 Å². The summed E-state index contributed by atoms with van der Waals surface area (Å²) in [4.78, 5) is 46.9. The first-order chi connectivity index (χ1) is 9.52. The molecule has 1 aromatic rings. The van der Waals surface area contributed by atoms with Crippen molar-refractivity contribution in [3.63, 3.8) is 0 Å². The van der Waals surface area contributed by atoms with E-state index in [1.165, 1.54) is 7.11 Å². The Morgan fingerprint density at radius 3 is 2.85 bits per heavy atom. The van der Waals surface area contributed by atoms with E-state index in [1.807, 2.05) is 0 Å². The highest BCUT2D eigenvalue weighted by Gasteiger charge is 2.30. The van der Waals surface area contributed by atoms with Gasteiger partial charge in [-0.1, -0.05) is 0 Å². The fourth-order valence-electron chi connectivity index (χ4n) is 1.61. The average molecular weight is 297 g/mol. The highest BCUT2D eigenvalue weighted by atomic mass is 32.1. The third-order valence-electron chi connectivity index (χ3n) is 2.55. The van der Waals surface area contributed by atoms with Gasteiger partial charge in [0.2, 0.25) is 5.91 Å². The summed E-state index contributed by atoms with van der Waals surface area (Å²) < 4.78 is 4.58. The van der Waals surface area contributed by atoms with Crippen LogP contribution >= 0.6 is 11.3 Å². The lowest BCUT2D eigenvalue weighted by atomic mass is 10.3. The minimum atomic E-state index is -0.608. The number of nitrogens with one attached hydrogen (secondary N) is 2. The standard InChI is InChI=1S/C11H11N3O5S/c1-19-10(17)9-6(2-3-20-9)13-7(15)5-14-8(16)4-12-11(14)18/h2-3H,4-5H2,1H3,(H,12,18)(H,13,15). The Morgan fingerprint density at radius 2 is 2.25 bits per heavy atom. The molecule has 0 saturated carbocycles. The molecule has 8 nitrogen and oxygen atoms in total. The number of nitrogens with zero attached hydrogens (tertiary/aromatic N) is 1. The molecule has 9 heteroatoms. The molecule has 2 rings (SSSR count). The van der Waals surface area contributed by atoms with Crippen molar-refractivity contribution >= 4 is 40.8 Å². The molecular weight excluding hydrogens is 286 g/mol. The molecule has 0 bridgehead atoms. The first-order valence-corrected chi connectivity index (χ1v) is 6.44. The molecule has 1 aliphatic heterocycles. The lowest BCUT2D eigenvalue weighted by Gasteiger charge is -2.12. The average Bonchev–Trinajstić information content (AvgIpc) is 2.99. The number of imide groups is 1. The van der Waals surface area contributed by atoms with Gasteiger partial charge in [0.15, 0.2) is 0 Å². The molecule has 20 heavy (non-hydrogen) atoms. The minimum Gasteiger partial charge on any atom is -0.465 e. The van der Waals surface area contributed by atoms with Gasteiger partial charge in [0.05, 0.1) is 19.3 Å². The van der Waals surface area contributed by atoms with Crippen molar-refractivity contribution in [2.24, 2.45) is 0 Å². The summed E-state index contributed by atoms with van der Waals surface area (Å²) in [5.74, 6) is -1.60. The third-order valence-corrected chi connectivity index (χ3v) is 3.44. The van der Waals surface area contributed by atoms with Gasteiger partial charge in [-0.15, -0.1) is 11.3 Å². The molecule has 0 aromatic carbocycles. The highest BCUT2D eigenvalue weighted by molar-refractivity contribution is 7.12. The van der Waals surface area contributed by atoms with Crippen LogP contribution in [0.3, 0.4) is 0 Å². The van der Waals surface area contributed by atoms with E-state index in [-0.39, 0.29) is 11.4 Å². The van der Waals surface area contributed by atoms with E-state index in [0.717, 1.165) is 16.2 Å². The molecule has 1 aromatic heterocycles. The van der Waals surface area contributed by atoms with Crippen LogP contribution in [0, 0.1) is 0 Å². The van der Waals surface area contributed by atoms with Gasteiger partial charge in [-0.2, -0.15) is 0 Å². The molecule has 0 spiro atoms. The topological polar surface area (TPSA) is 105 Å². The third kappa shape index (κ3) is 2.77. The van der Waals surface area contributed by atoms with Crippen LogP contribution in [0.2, 0.25) is 0 Å². The van der Waals surface area contributed by atoms with Crippen molar-refractivity contribution in [2.45, 2.75) is 0 Å². The number of methoxy groups -OCH3 is 1. The Morgan fingerprint density at radius 1 is 1.50 bits per heavy atom. The Hall–Kier alpha value is -2.42. The molecule has 1 aliphatic rings. The van der Waals surface area contributed by atoms with Gasteiger partial charge in [-0.25, -0.2) is 9.59 Å². The van der Waals surface area contributed by atoms with Crippen molar-refractivity contribution in [1.82, 2.24) is 10.2 Å². The molecule has 4 amide bonds. The maximum atomic E-state index is 11.8. The van der Waals surface area contributed by atoms with E-state index in [9.17, 15) is 19.2 Å². The van der Waals surface area contributed by atoms with Gasteiger partial charge in [0, 0.05) is 0 Å². The maximum absolute atomic E-state index is 11.8. The van der Waals surface area contributed by atoms with E-state index < -0.39 is 30.4 Å². The smallest absolute Gasteiger partial charge is 0.350 e. The van der Waals surface area contributed by atoms with Crippen molar-refractivity contribution in [1.29, 1.82) is 0 Å². The second kappa shape index (κ2) is 5.70. The largest absolute Gasteiger partial charge is 0.465 e. The summed E-state index contributed by atoms with van der Waals surface area (Å²) in [5.41, 5.74) is 0.291. The number of urea groups is 1. The van der Waals surface area contributed by atoms with Crippen molar-refractivity contribution in [3.8, 4) is 0 Å². The van der Waals surface area contributed by atoms with E-state index in [4.69, 9.17) is 0 Å². The van der Waals surface area contributed by atoms with Crippen molar-refractivity contribution in [2.75, 3.05) is 25.5 Å². The van der Waals surface area contributed by atoms with Gasteiger partial charge in [0.25, 0.3) is 5.91 Å². The second-order valence-corrected chi connectivity index (χ2v) is 4.76. The number of carbonyl (C=O) groups is 4. The molecule has 0 unspecified atom stereocenters. The molecule has 2 N–H and O–H groups in total. The summed E-state index contributed by atoms with van der Waals surface area (Å²) >= 11 is 1.12. The zero-order chi connectivity index (χ0) is 14.7. The van der Waals surface area contributed by atoms with E-state index in [1.54, 1.807) is 11.4 Å². The fraction of sp³-hybridized carbons (Fsp3) is 0.273. The van der Waals surface area contributed by atoms with Gasteiger partial charge in [-0.3, -0.25) is 14.5 Å². The lowest BCUT2D eigenvalue weighted by molar-refractivity contribution is -0.128. The number of esters is 1. The zero-order valence-electron chi connectivity index (χ0n) is 10.5. The SMILES string of the molecule is COC(=O)c1sccc1NC(=O)CN1C(=O)CNC1=O. The van der Waals surface area contributed by atoms with Crippen LogP contribution in [0.4, 0.5) is 10.5 Å². The van der Waals surface area contributed by atoms with Crippen LogP contribution in [0.25, 0.3) is 0 Å². The molecule has 0 atom stereocenters. The number of amides is 4. The van der Waals surface area contributed by atoms with Gasteiger partial charge >= 0.3 is 12.0 Å². The minimum absolute atomic E-state index is 0.113. The fourth-order valence-corrected chi connectivity index (χ4v) is 2.37. The van der Waals surface area contributed by atoms with Crippen LogP contribution < -0.4 is 10.6 Å². The van der Waals surface area contributed by atoms with Crippen LogP contribution in [0.5, 0.6) is 0 Å². The van der Waals surface area contributed by atoms with Crippen LogP contribution in [-0.4, -0.2) is 48.9 Å². The van der Waals surface area contributed by atoms with Gasteiger partial charge in [-0.05, 0) is 11.4 Å². The highest BCUT2D eigenvalue weighted by Crippen LogP contribution is 2.23. The van der Waals surface area contributed by atoms with E-state index >= 15 is 0 Å². The predicted octanol–water partition coefficient (Wildman–Crippen LogP) is 0.0250. The Labute approximate surface area is 117 Å². The second-order valence-electron chi connectivity index (χ2n) is 3.84. The number of hydrogen-bond donors (Lipinski definition) is 2. The quantitative estimate of drug-likeness (QED) is 0.602. The Balaban J connectivity index is 2.02. The van der Waals surface area contributed by atoms with Gasteiger partial charge in [0.1, 0.15) is 11.4 Å². The number of hydrogen-bond acceptors (Lipinski definition) is 6. The molecule has 0 aliphatic carbocycles. The summed E-state index contributed by atoms with van der Waals surface area (Å²) in [6, 6.07) is 0.935. The first kappa shape index (κ1) is 14.0. The number of rotatable bonds is 4. The lowest BCUT2D eigenvalue weighted by Crippen LogP contribution is -2.38.